The first-order valence-electron chi connectivity index (χ1n) is 5.59. The lowest BCUT2D eigenvalue weighted by atomic mass is 10.2. The van der Waals surface area contributed by atoms with E-state index in [1.807, 2.05) is 10.9 Å². The van der Waals surface area contributed by atoms with E-state index in [4.69, 9.17) is 5.73 Å². The Morgan fingerprint density at radius 2 is 1.94 bits per heavy atom. The number of nitrogens with two attached hydrogens (primary N) is 1. The standard InChI is InChI=1S/C13H17N3/c1-3-13-11(8-14)9-15-16(13)12-6-4-10(2)5-7-12/h4-7,9H,3,8,14H2,1-2H3. The van der Waals surface area contributed by atoms with Crippen molar-refractivity contribution >= 4 is 0 Å². The molecule has 0 bridgehead atoms. The van der Waals surface area contributed by atoms with Crippen molar-refractivity contribution in [3.8, 4) is 5.69 Å². The molecule has 1 aromatic carbocycles. The maximum absolute atomic E-state index is 5.69. The topological polar surface area (TPSA) is 43.8 Å². The van der Waals surface area contributed by atoms with Gasteiger partial charge >= 0.3 is 0 Å². The summed E-state index contributed by atoms with van der Waals surface area (Å²) in [6.07, 6.45) is 2.80. The third-order valence-electron chi connectivity index (χ3n) is 2.79. The zero-order valence-electron chi connectivity index (χ0n) is 9.77. The van der Waals surface area contributed by atoms with Crippen LogP contribution >= 0.6 is 0 Å². The summed E-state index contributed by atoms with van der Waals surface area (Å²) >= 11 is 0. The van der Waals surface area contributed by atoms with Crippen molar-refractivity contribution in [1.82, 2.24) is 9.78 Å². The number of hydrogen-bond acceptors (Lipinski definition) is 2. The third kappa shape index (κ3) is 1.86. The van der Waals surface area contributed by atoms with Gasteiger partial charge < -0.3 is 5.73 Å². The van der Waals surface area contributed by atoms with Gasteiger partial charge in [0.1, 0.15) is 0 Å². The van der Waals surface area contributed by atoms with E-state index in [0.717, 1.165) is 17.7 Å². The van der Waals surface area contributed by atoms with Crippen molar-refractivity contribution in [2.45, 2.75) is 26.8 Å². The van der Waals surface area contributed by atoms with Crippen molar-refractivity contribution in [3.63, 3.8) is 0 Å². The number of aromatic nitrogens is 2. The fraction of sp³-hybridized carbons (Fsp3) is 0.308. The molecule has 0 saturated carbocycles. The molecule has 0 aliphatic heterocycles. The highest BCUT2D eigenvalue weighted by atomic mass is 15.3. The number of rotatable bonds is 3. The Morgan fingerprint density at radius 3 is 2.50 bits per heavy atom. The summed E-state index contributed by atoms with van der Waals surface area (Å²) < 4.78 is 1.97. The summed E-state index contributed by atoms with van der Waals surface area (Å²) in [7, 11) is 0. The van der Waals surface area contributed by atoms with Gasteiger partial charge in [-0.2, -0.15) is 5.10 Å². The van der Waals surface area contributed by atoms with Crippen LogP contribution in [0.1, 0.15) is 23.7 Å². The van der Waals surface area contributed by atoms with Gasteiger partial charge in [-0.15, -0.1) is 0 Å². The number of aryl methyl sites for hydroxylation is 1. The molecule has 3 nitrogen and oxygen atoms in total. The molecular formula is C13H17N3. The molecule has 0 atom stereocenters. The van der Waals surface area contributed by atoms with Crippen LogP contribution in [0.4, 0.5) is 0 Å². The Kier molecular flexibility index (Phi) is 3.06. The van der Waals surface area contributed by atoms with Crippen LogP contribution in [0.5, 0.6) is 0 Å². The first-order chi connectivity index (χ1) is 7.76. The average molecular weight is 215 g/mol. The lowest BCUT2D eigenvalue weighted by Gasteiger charge is -2.07. The summed E-state index contributed by atoms with van der Waals surface area (Å²) in [5, 5.41) is 4.39. The summed E-state index contributed by atoms with van der Waals surface area (Å²) in [5.41, 5.74) is 10.4. The highest BCUT2D eigenvalue weighted by Gasteiger charge is 2.08. The number of hydrogen-bond donors (Lipinski definition) is 1. The summed E-state index contributed by atoms with van der Waals surface area (Å²) in [4.78, 5) is 0. The molecule has 84 valence electrons. The first kappa shape index (κ1) is 10.9. The molecule has 3 heteroatoms. The van der Waals surface area contributed by atoms with Crippen LogP contribution < -0.4 is 5.73 Å². The molecule has 0 spiro atoms. The molecule has 2 aromatic rings. The first-order valence-corrected chi connectivity index (χ1v) is 5.59. The molecule has 0 unspecified atom stereocenters. The zero-order valence-corrected chi connectivity index (χ0v) is 9.77. The molecule has 0 saturated heterocycles. The number of benzene rings is 1. The van der Waals surface area contributed by atoms with E-state index in [-0.39, 0.29) is 0 Å². The van der Waals surface area contributed by atoms with Crippen LogP contribution in [-0.4, -0.2) is 9.78 Å². The van der Waals surface area contributed by atoms with E-state index in [2.05, 4.69) is 43.2 Å². The Bertz CT molecular complexity index is 468. The largest absolute Gasteiger partial charge is 0.326 e. The van der Waals surface area contributed by atoms with Gasteiger partial charge in [0.15, 0.2) is 0 Å². The highest BCUT2D eigenvalue weighted by molar-refractivity contribution is 5.37. The van der Waals surface area contributed by atoms with Crippen LogP contribution in [0, 0.1) is 6.92 Å². The van der Waals surface area contributed by atoms with E-state index >= 15 is 0 Å². The third-order valence-corrected chi connectivity index (χ3v) is 2.79. The Labute approximate surface area is 95.9 Å². The minimum Gasteiger partial charge on any atom is -0.326 e. The van der Waals surface area contributed by atoms with Gasteiger partial charge in [0, 0.05) is 17.8 Å². The van der Waals surface area contributed by atoms with E-state index in [1.165, 1.54) is 11.3 Å². The molecule has 16 heavy (non-hydrogen) atoms. The fourth-order valence-electron chi connectivity index (χ4n) is 1.86. The van der Waals surface area contributed by atoms with E-state index in [9.17, 15) is 0 Å². The predicted molar refractivity (Wildman–Crippen MR) is 65.6 cm³/mol. The van der Waals surface area contributed by atoms with E-state index < -0.39 is 0 Å². The summed E-state index contributed by atoms with van der Waals surface area (Å²) in [6, 6.07) is 8.36. The van der Waals surface area contributed by atoms with Crippen LogP contribution in [0.25, 0.3) is 5.69 Å². The van der Waals surface area contributed by atoms with Crippen LogP contribution in [0.3, 0.4) is 0 Å². The second kappa shape index (κ2) is 4.49. The average Bonchev–Trinajstić information content (AvgIpc) is 2.72. The maximum Gasteiger partial charge on any atom is 0.0649 e. The Balaban J connectivity index is 2.47. The molecule has 2 N–H and O–H groups in total. The predicted octanol–water partition coefficient (Wildman–Crippen LogP) is 2.20. The molecule has 0 radical (unpaired) electrons. The monoisotopic (exact) mass is 215 g/mol. The second-order valence-corrected chi connectivity index (χ2v) is 3.92. The van der Waals surface area contributed by atoms with Crippen molar-refractivity contribution in [1.29, 1.82) is 0 Å². The van der Waals surface area contributed by atoms with Crippen LogP contribution in [0.15, 0.2) is 30.5 Å². The fourth-order valence-corrected chi connectivity index (χ4v) is 1.86. The summed E-state index contributed by atoms with van der Waals surface area (Å²) in [5.74, 6) is 0. The molecule has 2 rings (SSSR count). The molecule has 1 aromatic heterocycles. The maximum atomic E-state index is 5.69. The van der Waals surface area contributed by atoms with Gasteiger partial charge in [-0.05, 0) is 25.5 Å². The van der Waals surface area contributed by atoms with Gasteiger partial charge in [0.2, 0.25) is 0 Å². The van der Waals surface area contributed by atoms with Gasteiger partial charge in [-0.3, -0.25) is 0 Å². The van der Waals surface area contributed by atoms with Gasteiger partial charge in [0.25, 0.3) is 0 Å². The van der Waals surface area contributed by atoms with Crippen molar-refractivity contribution in [2.75, 3.05) is 0 Å². The SMILES string of the molecule is CCc1c(CN)cnn1-c1ccc(C)cc1. The Morgan fingerprint density at radius 1 is 1.25 bits per heavy atom. The Hall–Kier alpha value is -1.61. The van der Waals surface area contributed by atoms with Gasteiger partial charge in [0.05, 0.1) is 11.9 Å². The van der Waals surface area contributed by atoms with Crippen molar-refractivity contribution < 1.29 is 0 Å². The van der Waals surface area contributed by atoms with E-state index in [0.29, 0.717) is 6.54 Å². The lowest BCUT2D eigenvalue weighted by molar-refractivity contribution is 0.807. The lowest BCUT2D eigenvalue weighted by Crippen LogP contribution is -2.04. The van der Waals surface area contributed by atoms with Crippen molar-refractivity contribution in [2.24, 2.45) is 5.73 Å². The zero-order chi connectivity index (χ0) is 11.5. The minimum atomic E-state index is 0.551. The normalized spacial score (nSPS) is 10.7. The van der Waals surface area contributed by atoms with Crippen LogP contribution in [0.2, 0.25) is 0 Å². The number of nitrogens with zero attached hydrogens (tertiary/aromatic N) is 2. The molecule has 0 fully saturated rings. The van der Waals surface area contributed by atoms with Gasteiger partial charge in [-0.25, -0.2) is 4.68 Å². The molecule has 0 amide bonds. The quantitative estimate of drug-likeness (QED) is 0.853. The van der Waals surface area contributed by atoms with Crippen molar-refractivity contribution in [3.05, 3.63) is 47.3 Å². The smallest absolute Gasteiger partial charge is 0.0649 e. The molecular weight excluding hydrogens is 198 g/mol. The molecule has 1 heterocycles. The molecule has 0 aliphatic rings. The van der Waals surface area contributed by atoms with Gasteiger partial charge in [-0.1, -0.05) is 24.6 Å². The molecule has 0 aliphatic carbocycles. The second-order valence-electron chi connectivity index (χ2n) is 3.92. The van der Waals surface area contributed by atoms with E-state index in [1.54, 1.807) is 0 Å². The van der Waals surface area contributed by atoms with Crippen LogP contribution in [-0.2, 0) is 13.0 Å². The summed E-state index contributed by atoms with van der Waals surface area (Å²) in [6.45, 7) is 4.76. The minimum absolute atomic E-state index is 0.551. The highest BCUT2D eigenvalue weighted by Crippen LogP contribution is 2.15.